The molecule has 3 aromatic carbocycles. The second kappa shape index (κ2) is 43.3. The normalized spacial score (nSPS) is 11.7. The molecule has 71 heavy (non-hydrogen) atoms. The molecular weight excluding hydrogens is 891 g/mol. The Bertz CT molecular complexity index is 1540. The maximum Gasteiger partial charge on any atom is 0.306 e. The van der Waals surface area contributed by atoms with Gasteiger partial charge >= 0.3 is 11.9 Å². The highest BCUT2D eigenvalue weighted by Crippen LogP contribution is 2.48. The lowest BCUT2D eigenvalue weighted by Gasteiger charge is -2.35. The van der Waals surface area contributed by atoms with Gasteiger partial charge < -0.3 is 14.4 Å². The summed E-state index contributed by atoms with van der Waals surface area (Å²) in [6.45, 7) is 10.7. The van der Waals surface area contributed by atoms with Gasteiger partial charge in [0, 0.05) is 12.8 Å². The highest BCUT2D eigenvalue weighted by molar-refractivity contribution is 8.00. The first-order valence-corrected chi connectivity index (χ1v) is 30.9. The maximum atomic E-state index is 13.0. The van der Waals surface area contributed by atoms with Crippen LogP contribution in [0.4, 0.5) is 0 Å². The van der Waals surface area contributed by atoms with Gasteiger partial charge in [0.25, 0.3) is 0 Å². The number of esters is 2. The maximum absolute atomic E-state index is 13.0. The first kappa shape index (κ1) is 62.2. The number of benzene rings is 3. The van der Waals surface area contributed by atoms with Crippen LogP contribution >= 0.6 is 11.8 Å². The number of unbranched alkanes of at least 4 members (excludes halogenated alkanes) is 25. The molecule has 0 amide bonds. The van der Waals surface area contributed by atoms with Crippen LogP contribution in [-0.4, -0.2) is 54.9 Å². The molecular formula is C65H105NO4S. The Morgan fingerprint density at radius 2 is 0.775 bits per heavy atom. The molecule has 0 N–H and O–H groups in total. The van der Waals surface area contributed by atoms with Crippen LogP contribution in [0.1, 0.15) is 262 Å². The van der Waals surface area contributed by atoms with Gasteiger partial charge in [-0.15, -0.1) is 11.8 Å². The van der Waals surface area contributed by atoms with Crippen molar-refractivity contribution in [2.24, 2.45) is 0 Å². The zero-order valence-electron chi connectivity index (χ0n) is 46.0. The van der Waals surface area contributed by atoms with E-state index in [0.717, 1.165) is 96.0 Å². The summed E-state index contributed by atoms with van der Waals surface area (Å²) < 4.78 is 11.5. The number of hydrogen-bond donors (Lipinski definition) is 0. The topological polar surface area (TPSA) is 55.8 Å². The van der Waals surface area contributed by atoms with Gasteiger partial charge in [-0.25, -0.2) is 0 Å². The summed E-state index contributed by atoms with van der Waals surface area (Å²) in [6.07, 6.45) is 41.0. The molecule has 3 rings (SSSR count). The Kier molecular flexibility index (Phi) is 38.0. The molecule has 0 aliphatic carbocycles. The molecule has 5 nitrogen and oxygen atoms in total. The fourth-order valence-electron chi connectivity index (χ4n) is 10.2. The first-order valence-electron chi connectivity index (χ1n) is 29.9. The minimum Gasteiger partial charge on any atom is -0.466 e. The van der Waals surface area contributed by atoms with E-state index in [2.05, 4.69) is 128 Å². The van der Waals surface area contributed by atoms with E-state index in [1.165, 1.54) is 158 Å². The van der Waals surface area contributed by atoms with E-state index in [4.69, 9.17) is 9.47 Å². The number of ether oxygens (including phenoxy) is 2. The van der Waals surface area contributed by atoms with Crippen LogP contribution in [0.5, 0.6) is 0 Å². The molecule has 3 aromatic rings. The summed E-state index contributed by atoms with van der Waals surface area (Å²) >= 11 is 2.07. The van der Waals surface area contributed by atoms with Gasteiger partial charge in [-0.2, -0.15) is 0 Å². The quantitative estimate of drug-likeness (QED) is 0.0319. The smallest absolute Gasteiger partial charge is 0.306 e. The van der Waals surface area contributed by atoms with E-state index in [-0.39, 0.29) is 22.8 Å². The van der Waals surface area contributed by atoms with Crippen molar-refractivity contribution in [2.45, 2.75) is 256 Å². The summed E-state index contributed by atoms with van der Waals surface area (Å²) in [4.78, 5) is 28.3. The second-order valence-corrected chi connectivity index (χ2v) is 22.1. The van der Waals surface area contributed by atoms with Crippen molar-refractivity contribution in [3.05, 3.63) is 108 Å². The van der Waals surface area contributed by atoms with E-state index in [1.54, 1.807) is 0 Å². The highest BCUT2D eigenvalue weighted by atomic mass is 32.2. The van der Waals surface area contributed by atoms with E-state index in [1.807, 2.05) is 0 Å². The van der Waals surface area contributed by atoms with Crippen LogP contribution in [0.15, 0.2) is 91.0 Å². The van der Waals surface area contributed by atoms with Crippen LogP contribution < -0.4 is 0 Å². The largest absolute Gasteiger partial charge is 0.466 e. The van der Waals surface area contributed by atoms with E-state index in [9.17, 15) is 9.59 Å². The number of carbonyl (C=O) groups excluding carboxylic acids is 2. The molecule has 400 valence electrons. The van der Waals surface area contributed by atoms with Crippen molar-refractivity contribution in [3.63, 3.8) is 0 Å². The standard InChI is InChI=1S/C65H105NO4S/c1-4-7-10-13-16-17-18-24-42-57-69-63(67)52-38-28-40-55-66(54-39-23-19-22-37-53-64(68)70-62(50-35-20-14-11-8-5-2)51-36-21-15-12-9-6-3)56-41-43-58-71-65(59-44-29-25-30-45-59,60-46-31-26-32-47-60)61-48-33-27-34-49-61/h25-27,29-34,44-49,62H,4-24,28,35-43,50-58H2,1-3H3. The van der Waals surface area contributed by atoms with Crippen LogP contribution in [0.2, 0.25) is 0 Å². The van der Waals surface area contributed by atoms with Crippen molar-refractivity contribution in [2.75, 3.05) is 32.0 Å². The lowest BCUT2D eigenvalue weighted by Crippen LogP contribution is -2.28. The van der Waals surface area contributed by atoms with Gasteiger partial charge in [0.05, 0.1) is 11.4 Å². The Hall–Kier alpha value is -3.09. The number of hydrogen-bond acceptors (Lipinski definition) is 6. The molecule has 0 radical (unpaired) electrons. The number of rotatable bonds is 48. The molecule has 0 saturated heterocycles. The lowest BCUT2D eigenvalue weighted by molar-refractivity contribution is -0.150. The second-order valence-electron chi connectivity index (χ2n) is 20.8. The van der Waals surface area contributed by atoms with E-state index in [0.29, 0.717) is 19.4 Å². The van der Waals surface area contributed by atoms with Gasteiger partial charge in [-0.1, -0.05) is 253 Å². The summed E-state index contributed by atoms with van der Waals surface area (Å²) in [5.41, 5.74) is 3.97. The molecule has 0 bridgehead atoms. The van der Waals surface area contributed by atoms with Gasteiger partial charge in [-0.3, -0.25) is 9.59 Å². The SMILES string of the molecule is CCCCCCCCCCCOC(=O)CCCCCN(CCCCCCCC(=O)OC(CCCCCCCC)CCCCCCCC)CCCCSC(c1ccccc1)(c1ccccc1)c1ccccc1. The van der Waals surface area contributed by atoms with Gasteiger partial charge in [-0.05, 0) is 113 Å². The summed E-state index contributed by atoms with van der Waals surface area (Å²) in [5.74, 6) is 1.07. The highest BCUT2D eigenvalue weighted by Gasteiger charge is 2.36. The monoisotopic (exact) mass is 996 g/mol. The molecule has 0 unspecified atom stereocenters. The third-order valence-electron chi connectivity index (χ3n) is 14.5. The van der Waals surface area contributed by atoms with Crippen molar-refractivity contribution in [1.29, 1.82) is 0 Å². The number of carbonyl (C=O) groups is 2. The number of nitrogens with zero attached hydrogens (tertiary/aromatic N) is 1. The molecule has 0 aliphatic heterocycles. The van der Waals surface area contributed by atoms with Gasteiger partial charge in [0.15, 0.2) is 0 Å². The van der Waals surface area contributed by atoms with Crippen LogP contribution in [-0.2, 0) is 23.8 Å². The summed E-state index contributed by atoms with van der Waals surface area (Å²) in [6, 6.07) is 33.2. The zero-order valence-corrected chi connectivity index (χ0v) is 46.8. The molecule has 0 aliphatic rings. The molecule has 6 heteroatoms. The van der Waals surface area contributed by atoms with E-state index >= 15 is 0 Å². The molecule has 0 fully saturated rings. The summed E-state index contributed by atoms with van der Waals surface area (Å²) in [7, 11) is 0. The van der Waals surface area contributed by atoms with Crippen LogP contribution in [0, 0.1) is 0 Å². The Morgan fingerprint density at radius 1 is 0.423 bits per heavy atom. The van der Waals surface area contributed by atoms with Crippen molar-refractivity contribution >= 4 is 23.7 Å². The van der Waals surface area contributed by atoms with Crippen molar-refractivity contribution in [1.82, 2.24) is 4.90 Å². The number of thioether (sulfide) groups is 1. The van der Waals surface area contributed by atoms with Crippen molar-refractivity contribution < 1.29 is 19.1 Å². The average Bonchev–Trinajstić information content (AvgIpc) is 3.40. The van der Waals surface area contributed by atoms with Gasteiger partial charge in [0.2, 0.25) is 0 Å². The molecule has 0 atom stereocenters. The zero-order chi connectivity index (χ0) is 50.6. The molecule has 0 aromatic heterocycles. The average molecular weight is 997 g/mol. The molecule has 0 spiro atoms. The lowest BCUT2D eigenvalue weighted by atomic mass is 9.84. The minimum atomic E-state index is -0.280. The fraction of sp³-hybridized carbons (Fsp3) is 0.692. The molecule has 0 heterocycles. The first-order chi connectivity index (χ1) is 35.0. The van der Waals surface area contributed by atoms with Crippen molar-refractivity contribution in [3.8, 4) is 0 Å². The fourth-order valence-corrected chi connectivity index (χ4v) is 11.7. The van der Waals surface area contributed by atoms with Crippen LogP contribution in [0.25, 0.3) is 0 Å². The Balaban J connectivity index is 1.46. The van der Waals surface area contributed by atoms with Crippen LogP contribution in [0.3, 0.4) is 0 Å². The predicted molar refractivity (Wildman–Crippen MR) is 308 cm³/mol. The predicted octanol–water partition coefficient (Wildman–Crippen LogP) is 19.2. The third kappa shape index (κ3) is 29.4. The Morgan fingerprint density at radius 3 is 1.23 bits per heavy atom. The minimum absolute atomic E-state index is 0.0223. The van der Waals surface area contributed by atoms with E-state index < -0.39 is 0 Å². The van der Waals surface area contributed by atoms with Gasteiger partial charge in [0.1, 0.15) is 6.10 Å². The Labute approximate surface area is 441 Å². The molecule has 0 saturated carbocycles. The third-order valence-corrected chi connectivity index (χ3v) is 16.1. The summed E-state index contributed by atoms with van der Waals surface area (Å²) in [5, 5.41) is 0.